The van der Waals surface area contributed by atoms with Crippen LogP contribution < -0.4 is 5.32 Å². The van der Waals surface area contributed by atoms with E-state index < -0.39 is 11.6 Å². The standard InChI is InChI=1S/C12H15BrClF2N/c1-7(14)5-8(2)17-6-9-11(15)4-3-10(13)12(9)16/h3-4,7-8,17H,5-6H2,1-2H3. The number of hydrogen-bond donors (Lipinski definition) is 1. The Kier molecular flexibility index (Phi) is 5.83. The molecule has 1 aromatic rings. The Bertz CT molecular complexity index is 385. The fraction of sp³-hybridized carbons (Fsp3) is 0.500. The summed E-state index contributed by atoms with van der Waals surface area (Å²) in [4.78, 5) is 0. The molecule has 96 valence electrons. The Hall–Kier alpha value is -0.190. The van der Waals surface area contributed by atoms with E-state index in [9.17, 15) is 8.78 Å². The average molecular weight is 327 g/mol. The zero-order valence-corrected chi connectivity index (χ0v) is 12.1. The molecule has 2 atom stereocenters. The van der Waals surface area contributed by atoms with Crippen molar-refractivity contribution in [3.05, 3.63) is 33.8 Å². The molecule has 1 rings (SSSR count). The van der Waals surface area contributed by atoms with Crippen molar-refractivity contribution in [2.75, 3.05) is 0 Å². The highest BCUT2D eigenvalue weighted by Gasteiger charge is 2.13. The molecule has 0 amide bonds. The smallest absolute Gasteiger partial charge is 0.144 e. The quantitative estimate of drug-likeness (QED) is 0.631. The van der Waals surface area contributed by atoms with E-state index in [0.717, 1.165) is 6.42 Å². The second-order valence-electron chi connectivity index (χ2n) is 4.12. The number of halogens is 4. The van der Waals surface area contributed by atoms with Gasteiger partial charge in [-0.05, 0) is 48.3 Å². The van der Waals surface area contributed by atoms with Gasteiger partial charge in [-0.1, -0.05) is 0 Å². The summed E-state index contributed by atoms with van der Waals surface area (Å²) in [5, 5.41) is 3.09. The van der Waals surface area contributed by atoms with Crippen molar-refractivity contribution in [3.8, 4) is 0 Å². The summed E-state index contributed by atoms with van der Waals surface area (Å²) in [6.45, 7) is 3.98. The van der Waals surface area contributed by atoms with E-state index in [-0.39, 0.29) is 28.0 Å². The molecule has 0 saturated heterocycles. The van der Waals surface area contributed by atoms with Gasteiger partial charge in [-0.2, -0.15) is 0 Å². The van der Waals surface area contributed by atoms with Crippen LogP contribution in [0.4, 0.5) is 8.78 Å². The van der Waals surface area contributed by atoms with Crippen LogP contribution in [0.25, 0.3) is 0 Å². The number of benzene rings is 1. The van der Waals surface area contributed by atoms with E-state index in [1.807, 2.05) is 13.8 Å². The van der Waals surface area contributed by atoms with E-state index in [1.165, 1.54) is 12.1 Å². The normalized spacial score (nSPS) is 14.7. The van der Waals surface area contributed by atoms with Crippen molar-refractivity contribution in [1.29, 1.82) is 0 Å². The highest BCUT2D eigenvalue weighted by Crippen LogP contribution is 2.21. The second-order valence-corrected chi connectivity index (χ2v) is 5.72. The van der Waals surface area contributed by atoms with Gasteiger partial charge in [0.05, 0.1) is 4.47 Å². The Morgan fingerprint density at radius 1 is 1.35 bits per heavy atom. The van der Waals surface area contributed by atoms with Gasteiger partial charge in [0.2, 0.25) is 0 Å². The maximum Gasteiger partial charge on any atom is 0.144 e. The fourth-order valence-electron chi connectivity index (χ4n) is 1.58. The lowest BCUT2D eigenvalue weighted by Gasteiger charge is -2.15. The molecule has 0 bridgehead atoms. The van der Waals surface area contributed by atoms with Gasteiger partial charge in [-0.15, -0.1) is 11.6 Å². The van der Waals surface area contributed by atoms with Crippen molar-refractivity contribution in [3.63, 3.8) is 0 Å². The topological polar surface area (TPSA) is 12.0 Å². The summed E-state index contributed by atoms with van der Waals surface area (Å²) in [5.74, 6) is -1.09. The van der Waals surface area contributed by atoms with Gasteiger partial charge in [-0.25, -0.2) is 8.78 Å². The van der Waals surface area contributed by atoms with Crippen LogP contribution in [-0.4, -0.2) is 11.4 Å². The van der Waals surface area contributed by atoms with Crippen molar-refractivity contribution in [1.82, 2.24) is 5.32 Å². The van der Waals surface area contributed by atoms with Gasteiger partial charge in [0, 0.05) is 23.5 Å². The SMILES string of the molecule is CC(Cl)CC(C)NCc1c(F)ccc(Br)c1F. The number of rotatable bonds is 5. The Labute approximate surface area is 114 Å². The van der Waals surface area contributed by atoms with Crippen LogP contribution in [0.3, 0.4) is 0 Å². The Morgan fingerprint density at radius 2 is 2.00 bits per heavy atom. The van der Waals surface area contributed by atoms with Gasteiger partial charge in [-0.3, -0.25) is 0 Å². The number of nitrogens with one attached hydrogen (secondary N) is 1. The van der Waals surface area contributed by atoms with Crippen LogP contribution in [0.1, 0.15) is 25.8 Å². The van der Waals surface area contributed by atoms with Gasteiger partial charge >= 0.3 is 0 Å². The molecule has 2 unspecified atom stereocenters. The lowest BCUT2D eigenvalue weighted by molar-refractivity contribution is 0.479. The molecule has 0 aliphatic rings. The summed E-state index contributed by atoms with van der Waals surface area (Å²) in [7, 11) is 0. The van der Waals surface area contributed by atoms with Crippen LogP contribution >= 0.6 is 27.5 Å². The molecule has 0 radical (unpaired) electrons. The van der Waals surface area contributed by atoms with E-state index >= 15 is 0 Å². The molecule has 0 saturated carbocycles. The van der Waals surface area contributed by atoms with Gasteiger partial charge in [0.25, 0.3) is 0 Å². The zero-order valence-electron chi connectivity index (χ0n) is 9.74. The van der Waals surface area contributed by atoms with Crippen LogP contribution in [0.15, 0.2) is 16.6 Å². The van der Waals surface area contributed by atoms with E-state index in [4.69, 9.17) is 11.6 Å². The monoisotopic (exact) mass is 325 g/mol. The van der Waals surface area contributed by atoms with E-state index in [1.54, 1.807) is 0 Å². The van der Waals surface area contributed by atoms with Crippen LogP contribution in [-0.2, 0) is 6.54 Å². The molecule has 17 heavy (non-hydrogen) atoms. The third-order valence-corrected chi connectivity index (χ3v) is 3.24. The molecule has 0 aliphatic heterocycles. The van der Waals surface area contributed by atoms with E-state index in [0.29, 0.717) is 0 Å². The Balaban J connectivity index is 2.66. The summed E-state index contributed by atoms with van der Waals surface area (Å²) in [6.07, 6.45) is 0.749. The highest BCUT2D eigenvalue weighted by molar-refractivity contribution is 9.10. The minimum atomic E-state index is -0.552. The minimum Gasteiger partial charge on any atom is -0.310 e. The molecule has 0 aliphatic carbocycles. The van der Waals surface area contributed by atoms with Gasteiger partial charge in [0.15, 0.2) is 0 Å². The average Bonchev–Trinajstić information content (AvgIpc) is 2.23. The number of hydrogen-bond acceptors (Lipinski definition) is 1. The van der Waals surface area contributed by atoms with Crippen molar-refractivity contribution in [2.45, 2.75) is 38.2 Å². The first-order valence-corrected chi connectivity index (χ1v) is 6.64. The molecule has 0 aromatic heterocycles. The molecule has 1 aromatic carbocycles. The Morgan fingerprint density at radius 3 is 2.59 bits per heavy atom. The molecule has 5 heteroatoms. The maximum atomic E-state index is 13.6. The fourth-order valence-corrected chi connectivity index (χ4v) is 2.22. The van der Waals surface area contributed by atoms with Crippen LogP contribution in [0.5, 0.6) is 0 Å². The summed E-state index contributed by atoms with van der Waals surface area (Å²) in [6, 6.07) is 2.72. The highest BCUT2D eigenvalue weighted by atomic mass is 79.9. The predicted molar refractivity (Wildman–Crippen MR) is 70.3 cm³/mol. The first-order valence-electron chi connectivity index (χ1n) is 5.41. The molecular weight excluding hydrogens is 311 g/mol. The van der Waals surface area contributed by atoms with Crippen LogP contribution in [0, 0.1) is 11.6 Å². The van der Waals surface area contributed by atoms with Gasteiger partial charge in [0.1, 0.15) is 11.6 Å². The summed E-state index contributed by atoms with van der Waals surface area (Å²) in [5.41, 5.74) is 0.0495. The lowest BCUT2D eigenvalue weighted by atomic mass is 10.1. The molecule has 0 spiro atoms. The predicted octanol–water partition coefficient (Wildman–Crippen LogP) is 4.22. The van der Waals surface area contributed by atoms with Crippen molar-refractivity contribution < 1.29 is 8.78 Å². The largest absolute Gasteiger partial charge is 0.310 e. The van der Waals surface area contributed by atoms with E-state index in [2.05, 4.69) is 21.2 Å². The molecule has 1 nitrogen and oxygen atoms in total. The van der Waals surface area contributed by atoms with Crippen molar-refractivity contribution >= 4 is 27.5 Å². The third-order valence-electron chi connectivity index (χ3n) is 2.44. The summed E-state index contributed by atoms with van der Waals surface area (Å²) >= 11 is 8.88. The first kappa shape index (κ1) is 14.9. The molecular formula is C12H15BrClF2N. The molecule has 0 heterocycles. The zero-order chi connectivity index (χ0) is 13.0. The van der Waals surface area contributed by atoms with Crippen molar-refractivity contribution in [2.24, 2.45) is 0 Å². The van der Waals surface area contributed by atoms with Gasteiger partial charge < -0.3 is 5.32 Å². The molecule has 1 N–H and O–H groups in total. The lowest BCUT2D eigenvalue weighted by Crippen LogP contribution is -2.28. The second kappa shape index (κ2) is 6.66. The molecule has 0 fully saturated rings. The third kappa shape index (κ3) is 4.53. The minimum absolute atomic E-state index is 0.0368. The summed E-state index contributed by atoms with van der Waals surface area (Å²) < 4.78 is 27.3. The van der Waals surface area contributed by atoms with Crippen LogP contribution in [0.2, 0.25) is 0 Å². The number of alkyl halides is 1. The maximum absolute atomic E-state index is 13.6. The first-order chi connectivity index (χ1) is 7.91.